The predicted octanol–water partition coefficient (Wildman–Crippen LogP) is 2.99. The van der Waals surface area contributed by atoms with Gasteiger partial charge in [0, 0.05) is 18.8 Å². The highest BCUT2D eigenvalue weighted by Crippen LogP contribution is 2.23. The van der Waals surface area contributed by atoms with E-state index >= 15 is 0 Å². The summed E-state index contributed by atoms with van der Waals surface area (Å²) in [6.45, 7) is 6.10. The fraction of sp³-hybridized carbons (Fsp3) is 0.412. The van der Waals surface area contributed by atoms with E-state index < -0.39 is 0 Å². The summed E-state index contributed by atoms with van der Waals surface area (Å²) >= 11 is 0. The molecule has 110 valence electrons. The molecule has 1 aliphatic heterocycles. The molecule has 0 spiro atoms. The maximum absolute atomic E-state index is 12.8. The zero-order chi connectivity index (χ0) is 14.8. The van der Waals surface area contributed by atoms with Gasteiger partial charge < -0.3 is 4.90 Å². The van der Waals surface area contributed by atoms with Crippen LogP contribution in [0.5, 0.6) is 0 Å². The Morgan fingerprint density at radius 1 is 1.14 bits per heavy atom. The van der Waals surface area contributed by atoms with Crippen LogP contribution in [0, 0.1) is 11.8 Å². The van der Waals surface area contributed by atoms with E-state index in [9.17, 15) is 4.79 Å². The molecule has 1 aromatic heterocycles. The standard InChI is InChI=1S/C17H21N3O/c1-13-8-14(2)11-19(10-13)17(21)16-9-18-12-20(16)15-6-4-3-5-7-15/h3-7,9,12-14H,8,10-11H2,1-2H3/t13-,14-/m1/s1. The SMILES string of the molecule is C[C@@H]1C[C@@H](C)CN(C(=O)c2cncn2-c2ccccc2)C1. The third-order valence-electron chi connectivity index (χ3n) is 4.05. The second-order valence-corrected chi connectivity index (χ2v) is 6.14. The predicted molar refractivity (Wildman–Crippen MR) is 82.4 cm³/mol. The van der Waals surface area contributed by atoms with Crippen molar-refractivity contribution in [2.45, 2.75) is 20.3 Å². The van der Waals surface area contributed by atoms with Crippen molar-refractivity contribution in [3.8, 4) is 5.69 Å². The van der Waals surface area contributed by atoms with Gasteiger partial charge in [-0.3, -0.25) is 9.36 Å². The van der Waals surface area contributed by atoms with E-state index in [0.717, 1.165) is 18.8 Å². The molecule has 0 bridgehead atoms. The van der Waals surface area contributed by atoms with Crippen molar-refractivity contribution in [2.24, 2.45) is 11.8 Å². The monoisotopic (exact) mass is 283 g/mol. The van der Waals surface area contributed by atoms with Crippen LogP contribution in [-0.4, -0.2) is 33.4 Å². The molecule has 0 radical (unpaired) electrons. The second-order valence-electron chi connectivity index (χ2n) is 6.14. The van der Waals surface area contributed by atoms with Gasteiger partial charge >= 0.3 is 0 Å². The van der Waals surface area contributed by atoms with E-state index in [1.54, 1.807) is 12.5 Å². The van der Waals surface area contributed by atoms with Crippen molar-refractivity contribution < 1.29 is 4.79 Å². The van der Waals surface area contributed by atoms with Crippen LogP contribution < -0.4 is 0 Å². The number of amides is 1. The molecule has 2 atom stereocenters. The molecule has 0 saturated carbocycles. The Morgan fingerprint density at radius 2 is 1.81 bits per heavy atom. The zero-order valence-electron chi connectivity index (χ0n) is 12.6. The highest BCUT2D eigenvalue weighted by molar-refractivity contribution is 5.93. The number of rotatable bonds is 2. The molecular formula is C17H21N3O. The Morgan fingerprint density at radius 3 is 2.48 bits per heavy atom. The van der Waals surface area contributed by atoms with Crippen molar-refractivity contribution in [3.63, 3.8) is 0 Å². The van der Waals surface area contributed by atoms with E-state index in [1.165, 1.54) is 6.42 Å². The largest absolute Gasteiger partial charge is 0.337 e. The topological polar surface area (TPSA) is 38.1 Å². The minimum Gasteiger partial charge on any atom is -0.337 e. The number of carbonyl (C=O) groups excluding carboxylic acids is 1. The Kier molecular flexibility index (Phi) is 3.78. The summed E-state index contributed by atoms with van der Waals surface area (Å²) in [6.07, 6.45) is 4.57. The van der Waals surface area contributed by atoms with Crippen LogP contribution in [0.2, 0.25) is 0 Å². The number of imidazole rings is 1. The molecule has 4 heteroatoms. The van der Waals surface area contributed by atoms with E-state index in [4.69, 9.17) is 0 Å². The Hall–Kier alpha value is -2.10. The molecule has 2 aromatic rings. The van der Waals surface area contributed by atoms with Crippen LogP contribution in [0.25, 0.3) is 5.69 Å². The van der Waals surface area contributed by atoms with E-state index in [2.05, 4.69) is 18.8 Å². The van der Waals surface area contributed by atoms with Crippen molar-refractivity contribution in [1.29, 1.82) is 0 Å². The maximum Gasteiger partial charge on any atom is 0.272 e. The number of hydrogen-bond acceptors (Lipinski definition) is 2. The van der Waals surface area contributed by atoms with Gasteiger partial charge in [0.05, 0.1) is 12.5 Å². The van der Waals surface area contributed by atoms with Crippen molar-refractivity contribution in [3.05, 3.63) is 48.5 Å². The number of para-hydroxylation sites is 1. The summed E-state index contributed by atoms with van der Waals surface area (Å²) in [5.74, 6) is 1.20. The van der Waals surface area contributed by atoms with Crippen molar-refractivity contribution >= 4 is 5.91 Å². The zero-order valence-corrected chi connectivity index (χ0v) is 12.6. The smallest absolute Gasteiger partial charge is 0.272 e. The maximum atomic E-state index is 12.8. The average Bonchev–Trinajstić information content (AvgIpc) is 2.95. The quantitative estimate of drug-likeness (QED) is 0.850. The highest BCUT2D eigenvalue weighted by atomic mass is 16.2. The minimum absolute atomic E-state index is 0.0785. The summed E-state index contributed by atoms with van der Waals surface area (Å²) in [7, 11) is 0. The third-order valence-corrected chi connectivity index (χ3v) is 4.05. The molecular weight excluding hydrogens is 262 g/mol. The van der Waals surface area contributed by atoms with Gasteiger partial charge in [0.2, 0.25) is 0 Å². The number of aromatic nitrogens is 2. The summed E-state index contributed by atoms with van der Waals surface area (Å²) < 4.78 is 1.87. The molecule has 1 amide bonds. The molecule has 1 fully saturated rings. The van der Waals surface area contributed by atoms with Crippen LogP contribution in [0.3, 0.4) is 0 Å². The molecule has 1 aromatic carbocycles. The first-order valence-electron chi connectivity index (χ1n) is 7.52. The van der Waals surface area contributed by atoms with Crippen molar-refractivity contribution in [1.82, 2.24) is 14.5 Å². The van der Waals surface area contributed by atoms with Crippen molar-refractivity contribution in [2.75, 3.05) is 13.1 Å². The molecule has 0 aliphatic carbocycles. The highest BCUT2D eigenvalue weighted by Gasteiger charge is 2.27. The van der Waals surface area contributed by atoms with E-state index in [-0.39, 0.29) is 5.91 Å². The first kappa shape index (κ1) is 13.9. The number of likely N-dealkylation sites (tertiary alicyclic amines) is 1. The molecule has 0 N–H and O–H groups in total. The lowest BCUT2D eigenvalue weighted by Gasteiger charge is -2.35. The van der Waals surface area contributed by atoms with Gasteiger partial charge in [-0.1, -0.05) is 32.0 Å². The van der Waals surface area contributed by atoms with Crippen LogP contribution in [0.4, 0.5) is 0 Å². The van der Waals surface area contributed by atoms with Gasteiger partial charge in [0.15, 0.2) is 0 Å². The third kappa shape index (κ3) is 2.84. The van der Waals surface area contributed by atoms with E-state index in [1.807, 2.05) is 39.8 Å². The van der Waals surface area contributed by atoms with Crippen LogP contribution in [0.15, 0.2) is 42.9 Å². The van der Waals surface area contributed by atoms with Crippen LogP contribution in [0.1, 0.15) is 30.8 Å². The van der Waals surface area contributed by atoms with Gasteiger partial charge in [-0.2, -0.15) is 0 Å². The normalized spacial score (nSPS) is 22.3. The lowest BCUT2D eigenvalue weighted by Crippen LogP contribution is -2.43. The van der Waals surface area contributed by atoms with Gasteiger partial charge in [-0.15, -0.1) is 0 Å². The summed E-state index contributed by atoms with van der Waals surface area (Å²) in [6, 6.07) is 9.87. The second kappa shape index (κ2) is 5.72. The number of hydrogen-bond donors (Lipinski definition) is 0. The fourth-order valence-corrected chi connectivity index (χ4v) is 3.24. The summed E-state index contributed by atoms with van der Waals surface area (Å²) in [5.41, 5.74) is 1.61. The number of nitrogens with zero attached hydrogens (tertiary/aromatic N) is 3. The van der Waals surface area contributed by atoms with Gasteiger partial charge in [0.1, 0.15) is 5.69 Å². The molecule has 2 heterocycles. The minimum atomic E-state index is 0.0785. The Bertz CT molecular complexity index is 610. The number of piperidine rings is 1. The number of carbonyl (C=O) groups is 1. The van der Waals surface area contributed by atoms with Gasteiger partial charge in [0.25, 0.3) is 5.91 Å². The molecule has 0 unspecified atom stereocenters. The Balaban J connectivity index is 1.88. The summed E-state index contributed by atoms with van der Waals surface area (Å²) in [4.78, 5) is 18.9. The number of benzene rings is 1. The van der Waals surface area contributed by atoms with Gasteiger partial charge in [-0.25, -0.2) is 4.98 Å². The molecule has 3 rings (SSSR count). The first-order valence-corrected chi connectivity index (χ1v) is 7.52. The molecule has 1 aliphatic rings. The van der Waals surface area contributed by atoms with Crippen LogP contribution in [-0.2, 0) is 0 Å². The van der Waals surface area contributed by atoms with Gasteiger partial charge in [-0.05, 0) is 30.4 Å². The lowest BCUT2D eigenvalue weighted by molar-refractivity contribution is 0.0615. The lowest BCUT2D eigenvalue weighted by atomic mass is 9.92. The molecule has 1 saturated heterocycles. The molecule has 21 heavy (non-hydrogen) atoms. The molecule has 4 nitrogen and oxygen atoms in total. The summed E-state index contributed by atoms with van der Waals surface area (Å²) in [5, 5.41) is 0. The van der Waals surface area contributed by atoms with Crippen LogP contribution >= 0.6 is 0 Å². The fourth-order valence-electron chi connectivity index (χ4n) is 3.24. The Labute approximate surface area is 125 Å². The first-order chi connectivity index (χ1) is 10.1. The average molecular weight is 283 g/mol. The van der Waals surface area contributed by atoms with E-state index in [0.29, 0.717) is 17.5 Å².